The van der Waals surface area contributed by atoms with Crippen LogP contribution >= 0.6 is 0 Å². The van der Waals surface area contributed by atoms with Crippen LogP contribution in [0.15, 0.2) is 48.6 Å². The van der Waals surface area contributed by atoms with E-state index >= 15 is 0 Å². The van der Waals surface area contributed by atoms with E-state index in [0.29, 0.717) is 12.4 Å². The normalized spacial score (nSPS) is 9.55. The third-order valence-electron chi connectivity index (χ3n) is 3.09. The van der Waals surface area contributed by atoms with Gasteiger partial charge in [-0.05, 0) is 25.0 Å². The molecule has 110 valence electrons. The second-order valence-corrected chi connectivity index (χ2v) is 4.68. The van der Waals surface area contributed by atoms with E-state index < -0.39 is 0 Å². The average molecular weight is 292 g/mol. The molecule has 2 rings (SSSR count). The number of benzene rings is 1. The van der Waals surface area contributed by atoms with Crippen molar-refractivity contribution >= 4 is 6.08 Å². The van der Waals surface area contributed by atoms with Gasteiger partial charge in [0.2, 0.25) is 0 Å². The van der Waals surface area contributed by atoms with E-state index in [9.17, 15) is 0 Å². The van der Waals surface area contributed by atoms with Crippen LogP contribution in [0.1, 0.15) is 18.4 Å². The zero-order chi connectivity index (χ0) is 15.6. The molecule has 0 unspecified atom stereocenters. The van der Waals surface area contributed by atoms with Gasteiger partial charge in [0.25, 0.3) is 0 Å². The fourth-order valence-corrected chi connectivity index (χ4v) is 1.97. The van der Waals surface area contributed by atoms with Gasteiger partial charge in [-0.15, -0.1) is 0 Å². The zero-order valence-electron chi connectivity index (χ0n) is 12.1. The Morgan fingerprint density at radius 2 is 2.05 bits per heavy atom. The molecule has 0 saturated heterocycles. The smallest absolute Gasteiger partial charge is 0.130 e. The molecule has 2 aromatic rings. The Morgan fingerprint density at radius 3 is 2.77 bits per heavy atom. The van der Waals surface area contributed by atoms with Crippen LogP contribution in [0.5, 0.6) is 5.75 Å². The molecule has 0 atom stereocenters. The number of nitrogens with zero attached hydrogens (tertiary/aromatic N) is 4. The van der Waals surface area contributed by atoms with Crippen LogP contribution in [0, 0.1) is 22.7 Å². The molecule has 1 aromatic heterocycles. The Kier molecular flexibility index (Phi) is 5.78. The number of hydrogen-bond donors (Lipinski definition) is 0. The fourth-order valence-electron chi connectivity index (χ4n) is 1.97. The van der Waals surface area contributed by atoms with Gasteiger partial charge >= 0.3 is 0 Å². The molecule has 0 spiro atoms. The molecule has 0 N–H and O–H groups in total. The largest absolute Gasteiger partial charge is 0.493 e. The molecule has 5 heteroatoms. The van der Waals surface area contributed by atoms with Crippen molar-refractivity contribution in [1.29, 1.82) is 10.5 Å². The van der Waals surface area contributed by atoms with Crippen LogP contribution in [0.25, 0.3) is 6.08 Å². The first kappa shape index (κ1) is 15.3. The lowest BCUT2D eigenvalue weighted by atomic mass is 10.1. The van der Waals surface area contributed by atoms with Gasteiger partial charge in [-0.25, -0.2) is 4.98 Å². The van der Waals surface area contributed by atoms with Gasteiger partial charge in [-0.2, -0.15) is 10.5 Å². The molecule has 0 aliphatic carbocycles. The lowest BCUT2D eigenvalue weighted by Gasteiger charge is -2.09. The standard InChI is InChI=1S/C17H16N4O/c18-12-15(13-19)11-16-5-1-2-6-17(16)22-10-4-3-8-21-9-7-20-14-21/h1-2,5-7,9,11,14H,3-4,8,10H2. The zero-order valence-corrected chi connectivity index (χ0v) is 12.1. The number of para-hydroxylation sites is 1. The highest BCUT2D eigenvalue weighted by Crippen LogP contribution is 2.21. The van der Waals surface area contributed by atoms with E-state index in [0.717, 1.165) is 24.9 Å². The van der Waals surface area contributed by atoms with Crippen molar-refractivity contribution in [1.82, 2.24) is 9.55 Å². The van der Waals surface area contributed by atoms with Crippen molar-refractivity contribution in [2.75, 3.05) is 6.61 Å². The Balaban J connectivity index is 1.86. The molecule has 22 heavy (non-hydrogen) atoms. The van der Waals surface area contributed by atoms with Crippen molar-refractivity contribution in [2.45, 2.75) is 19.4 Å². The van der Waals surface area contributed by atoms with E-state index in [1.165, 1.54) is 0 Å². The molecule has 5 nitrogen and oxygen atoms in total. The van der Waals surface area contributed by atoms with Crippen molar-refractivity contribution in [2.24, 2.45) is 0 Å². The first-order chi connectivity index (χ1) is 10.8. The van der Waals surface area contributed by atoms with Gasteiger partial charge in [0.15, 0.2) is 0 Å². The van der Waals surface area contributed by atoms with Gasteiger partial charge in [0.1, 0.15) is 23.5 Å². The second kappa shape index (κ2) is 8.28. The minimum Gasteiger partial charge on any atom is -0.493 e. The lowest BCUT2D eigenvalue weighted by Crippen LogP contribution is -2.01. The number of rotatable bonds is 7. The summed E-state index contributed by atoms with van der Waals surface area (Å²) in [5.41, 5.74) is 0.811. The SMILES string of the molecule is N#CC(C#N)=Cc1ccccc1OCCCCn1ccnc1. The quantitative estimate of drug-likeness (QED) is 0.580. The molecule has 0 amide bonds. The maximum atomic E-state index is 8.83. The third kappa shape index (κ3) is 4.50. The number of ether oxygens (including phenoxy) is 1. The average Bonchev–Trinajstić information content (AvgIpc) is 3.07. The van der Waals surface area contributed by atoms with Gasteiger partial charge in [-0.1, -0.05) is 18.2 Å². The maximum Gasteiger partial charge on any atom is 0.130 e. The summed E-state index contributed by atoms with van der Waals surface area (Å²) in [7, 11) is 0. The molecule has 1 heterocycles. The van der Waals surface area contributed by atoms with Crippen LogP contribution in [0.4, 0.5) is 0 Å². The highest BCUT2D eigenvalue weighted by atomic mass is 16.5. The second-order valence-electron chi connectivity index (χ2n) is 4.68. The molecule has 0 aliphatic heterocycles. The van der Waals surface area contributed by atoms with Crippen molar-refractivity contribution < 1.29 is 4.74 Å². The van der Waals surface area contributed by atoms with Crippen LogP contribution in [-0.4, -0.2) is 16.2 Å². The topological polar surface area (TPSA) is 74.6 Å². The summed E-state index contributed by atoms with van der Waals surface area (Å²) in [6.45, 7) is 1.51. The monoisotopic (exact) mass is 292 g/mol. The number of imidazole rings is 1. The predicted molar refractivity (Wildman–Crippen MR) is 82.6 cm³/mol. The molecule has 0 saturated carbocycles. The molecular formula is C17H16N4O. The molecule has 0 aliphatic rings. The number of hydrogen-bond acceptors (Lipinski definition) is 4. The Labute approximate surface area is 129 Å². The van der Waals surface area contributed by atoms with Gasteiger partial charge in [0.05, 0.1) is 12.9 Å². The van der Waals surface area contributed by atoms with E-state index in [4.69, 9.17) is 15.3 Å². The highest BCUT2D eigenvalue weighted by Gasteiger charge is 2.02. The predicted octanol–water partition coefficient (Wildman–Crippen LogP) is 3.17. The van der Waals surface area contributed by atoms with E-state index in [2.05, 4.69) is 4.98 Å². The molecule has 0 fully saturated rings. The number of aryl methyl sites for hydroxylation is 1. The number of allylic oxidation sites excluding steroid dienone is 1. The van der Waals surface area contributed by atoms with Gasteiger partial charge in [0, 0.05) is 24.5 Å². The minimum atomic E-state index is 0.0659. The summed E-state index contributed by atoms with van der Waals surface area (Å²) in [6, 6.07) is 11.1. The maximum absolute atomic E-state index is 8.83. The summed E-state index contributed by atoms with van der Waals surface area (Å²) in [4.78, 5) is 4.00. The molecule has 1 aromatic carbocycles. The summed E-state index contributed by atoms with van der Waals surface area (Å²) < 4.78 is 7.79. The minimum absolute atomic E-state index is 0.0659. The number of unbranched alkanes of at least 4 members (excludes halogenated alkanes) is 1. The van der Waals surface area contributed by atoms with Crippen LogP contribution in [0.2, 0.25) is 0 Å². The van der Waals surface area contributed by atoms with Crippen LogP contribution in [-0.2, 0) is 6.54 Å². The van der Waals surface area contributed by atoms with E-state index in [-0.39, 0.29) is 5.57 Å². The fraction of sp³-hybridized carbons (Fsp3) is 0.235. The lowest BCUT2D eigenvalue weighted by molar-refractivity contribution is 0.302. The summed E-state index contributed by atoms with van der Waals surface area (Å²) in [5.74, 6) is 0.688. The Morgan fingerprint density at radius 1 is 1.23 bits per heavy atom. The van der Waals surface area contributed by atoms with E-state index in [1.54, 1.807) is 18.6 Å². The van der Waals surface area contributed by atoms with Gasteiger partial charge < -0.3 is 9.30 Å². The van der Waals surface area contributed by atoms with Gasteiger partial charge in [-0.3, -0.25) is 0 Å². The Bertz CT molecular complexity index is 689. The summed E-state index contributed by atoms with van der Waals surface area (Å²) in [5, 5.41) is 17.7. The third-order valence-corrected chi connectivity index (χ3v) is 3.09. The number of aromatic nitrogens is 2. The molecular weight excluding hydrogens is 276 g/mol. The van der Waals surface area contributed by atoms with Crippen LogP contribution < -0.4 is 4.74 Å². The van der Waals surface area contributed by atoms with Crippen LogP contribution in [0.3, 0.4) is 0 Å². The highest BCUT2D eigenvalue weighted by molar-refractivity contribution is 5.66. The van der Waals surface area contributed by atoms with Crippen molar-refractivity contribution in [3.63, 3.8) is 0 Å². The number of nitriles is 2. The summed E-state index contributed by atoms with van der Waals surface area (Å²) >= 11 is 0. The molecule has 0 bridgehead atoms. The van der Waals surface area contributed by atoms with Crippen molar-refractivity contribution in [3.8, 4) is 17.9 Å². The Hall–Kier alpha value is -3.05. The van der Waals surface area contributed by atoms with Crippen molar-refractivity contribution in [3.05, 3.63) is 54.1 Å². The first-order valence-electron chi connectivity index (χ1n) is 7.03. The first-order valence-corrected chi connectivity index (χ1v) is 7.03. The van der Waals surface area contributed by atoms with E-state index in [1.807, 2.05) is 47.2 Å². The summed E-state index contributed by atoms with van der Waals surface area (Å²) in [6.07, 6.45) is 8.95. The molecule has 0 radical (unpaired) electrons.